The van der Waals surface area contributed by atoms with E-state index < -0.39 is 11.8 Å². The van der Waals surface area contributed by atoms with Gasteiger partial charge in [0, 0.05) is 17.7 Å². The Bertz CT molecular complexity index is 1360. The molecule has 2 amide bonds. The van der Waals surface area contributed by atoms with Crippen LogP contribution in [-0.4, -0.2) is 31.1 Å². The van der Waals surface area contributed by atoms with Crippen LogP contribution in [0.4, 0.5) is 0 Å². The second kappa shape index (κ2) is 11.6. The van der Waals surface area contributed by atoms with E-state index in [9.17, 15) is 9.59 Å². The van der Waals surface area contributed by atoms with E-state index in [1.807, 2.05) is 48.5 Å². The predicted octanol–water partition coefficient (Wildman–Crippen LogP) is 5.05. The first-order chi connectivity index (χ1) is 18.1. The number of amides is 2. The first kappa shape index (κ1) is 24.3. The molecule has 37 heavy (non-hydrogen) atoms. The van der Waals surface area contributed by atoms with Gasteiger partial charge in [0.25, 0.3) is 11.8 Å². The quantitative estimate of drug-likeness (QED) is 0.334. The molecule has 1 atom stereocenters. The smallest absolute Gasteiger partial charge is 0.269 e. The Morgan fingerprint density at radius 3 is 2.08 bits per heavy atom. The average molecular weight is 497 g/mol. The molecule has 1 saturated heterocycles. The summed E-state index contributed by atoms with van der Waals surface area (Å²) in [4.78, 5) is 24.9. The Labute approximate surface area is 215 Å². The van der Waals surface area contributed by atoms with Crippen LogP contribution in [0.3, 0.4) is 0 Å². The number of hydrazine groups is 1. The average Bonchev–Trinajstić information content (AvgIpc) is 3.48. The van der Waals surface area contributed by atoms with E-state index in [2.05, 4.69) is 16.9 Å². The largest absolute Gasteiger partial charge is 0.491 e. The predicted molar refractivity (Wildman–Crippen MR) is 141 cm³/mol. The minimum atomic E-state index is -0.417. The molecule has 0 radical (unpaired) electrons. The van der Waals surface area contributed by atoms with E-state index in [-0.39, 0.29) is 6.10 Å². The highest BCUT2D eigenvalue weighted by atomic mass is 16.5. The zero-order valence-electron chi connectivity index (χ0n) is 20.3. The summed E-state index contributed by atoms with van der Waals surface area (Å²) in [6, 6.07) is 27.9. The first-order valence-electron chi connectivity index (χ1n) is 12.3. The van der Waals surface area contributed by atoms with Gasteiger partial charge in [0.1, 0.15) is 24.7 Å². The summed E-state index contributed by atoms with van der Waals surface area (Å²) in [7, 11) is 0. The molecule has 5 rings (SSSR count). The fraction of sp³-hybridized carbons (Fsp3) is 0.200. The molecule has 1 fully saturated rings. The van der Waals surface area contributed by atoms with Crippen molar-refractivity contribution < 1.29 is 23.8 Å². The topological polar surface area (TPSA) is 85.9 Å². The van der Waals surface area contributed by atoms with Crippen molar-refractivity contribution in [3.8, 4) is 11.5 Å². The van der Waals surface area contributed by atoms with Crippen LogP contribution >= 0.6 is 0 Å². The number of benzene rings is 4. The van der Waals surface area contributed by atoms with Crippen LogP contribution < -0.4 is 20.3 Å². The van der Waals surface area contributed by atoms with Gasteiger partial charge in [-0.25, -0.2) is 0 Å². The van der Waals surface area contributed by atoms with Gasteiger partial charge < -0.3 is 14.2 Å². The second-order valence-electron chi connectivity index (χ2n) is 8.87. The van der Waals surface area contributed by atoms with Gasteiger partial charge in [-0.2, -0.15) is 0 Å². The number of hydrogen-bond acceptors (Lipinski definition) is 5. The molecule has 2 N–H and O–H groups in total. The van der Waals surface area contributed by atoms with Gasteiger partial charge >= 0.3 is 0 Å². The van der Waals surface area contributed by atoms with Crippen LogP contribution in [0.25, 0.3) is 10.8 Å². The molecule has 1 heterocycles. The summed E-state index contributed by atoms with van der Waals surface area (Å²) in [5.74, 6) is 0.623. The summed E-state index contributed by atoms with van der Waals surface area (Å²) >= 11 is 0. The number of carbonyl (C=O) groups is 2. The van der Waals surface area contributed by atoms with E-state index in [1.165, 1.54) is 0 Å². The normalized spacial score (nSPS) is 14.8. The van der Waals surface area contributed by atoms with Gasteiger partial charge in [0.05, 0.1) is 6.10 Å². The maximum Gasteiger partial charge on any atom is 0.269 e. The van der Waals surface area contributed by atoms with Gasteiger partial charge in [-0.15, -0.1) is 0 Å². The third-order valence-corrected chi connectivity index (χ3v) is 6.21. The number of nitrogens with one attached hydrogen (secondary N) is 2. The fourth-order valence-electron chi connectivity index (χ4n) is 4.10. The molecule has 4 aromatic carbocycles. The second-order valence-corrected chi connectivity index (χ2v) is 8.87. The molecular formula is C30H28N2O5. The van der Waals surface area contributed by atoms with Crippen LogP contribution in [0.2, 0.25) is 0 Å². The van der Waals surface area contributed by atoms with Gasteiger partial charge in [-0.3, -0.25) is 20.4 Å². The van der Waals surface area contributed by atoms with Crippen LogP contribution in [0.5, 0.6) is 11.5 Å². The number of rotatable bonds is 8. The molecule has 1 aliphatic rings. The van der Waals surface area contributed by atoms with E-state index in [0.717, 1.165) is 41.5 Å². The van der Waals surface area contributed by atoms with Crippen molar-refractivity contribution in [1.82, 2.24) is 10.9 Å². The highest BCUT2D eigenvalue weighted by Crippen LogP contribution is 2.21. The lowest BCUT2D eigenvalue weighted by Gasteiger charge is -2.12. The summed E-state index contributed by atoms with van der Waals surface area (Å²) < 4.78 is 17.2. The van der Waals surface area contributed by atoms with Crippen molar-refractivity contribution >= 4 is 22.6 Å². The van der Waals surface area contributed by atoms with Crippen LogP contribution in [0, 0.1) is 0 Å². The monoisotopic (exact) mass is 496 g/mol. The molecule has 0 unspecified atom stereocenters. The van der Waals surface area contributed by atoms with Crippen LogP contribution in [0.1, 0.15) is 39.1 Å². The first-order valence-corrected chi connectivity index (χ1v) is 12.3. The van der Waals surface area contributed by atoms with Gasteiger partial charge in [0.2, 0.25) is 0 Å². The van der Waals surface area contributed by atoms with Gasteiger partial charge in [0.15, 0.2) is 0 Å². The van der Waals surface area contributed by atoms with Gasteiger partial charge in [-0.1, -0.05) is 42.5 Å². The zero-order chi connectivity index (χ0) is 25.5. The Morgan fingerprint density at radius 1 is 0.757 bits per heavy atom. The number of ether oxygens (including phenoxy) is 3. The molecule has 4 aromatic rings. The van der Waals surface area contributed by atoms with Crippen LogP contribution in [0.15, 0.2) is 91.0 Å². The highest BCUT2D eigenvalue weighted by molar-refractivity contribution is 5.99. The minimum Gasteiger partial charge on any atom is -0.491 e. The molecule has 188 valence electrons. The van der Waals surface area contributed by atoms with Gasteiger partial charge in [-0.05, 0) is 77.7 Å². The molecule has 0 bridgehead atoms. The van der Waals surface area contributed by atoms with E-state index in [4.69, 9.17) is 14.2 Å². The fourth-order valence-corrected chi connectivity index (χ4v) is 4.10. The van der Waals surface area contributed by atoms with E-state index >= 15 is 0 Å². The van der Waals surface area contributed by atoms with Crippen molar-refractivity contribution in [2.45, 2.75) is 25.6 Å². The molecule has 1 aliphatic heterocycles. The molecule has 7 nitrogen and oxygen atoms in total. The van der Waals surface area contributed by atoms with Crippen molar-refractivity contribution in [3.63, 3.8) is 0 Å². The third-order valence-electron chi connectivity index (χ3n) is 6.21. The van der Waals surface area contributed by atoms with Crippen molar-refractivity contribution in [2.24, 2.45) is 0 Å². The Kier molecular flexibility index (Phi) is 7.62. The lowest BCUT2D eigenvalue weighted by Crippen LogP contribution is -2.41. The summed E-state index contributed by atoms with van der Waals surface area (Å²) in [6.07, 6.45) is 2.19. The summed E-state index contributed by atoms with van der Waals surface area (Å²) in [5, 5.41) is 2.28. The third kappa shape index (κ3) is 6.45. The number of carbonyl (C=O) groups excluding carboxylic acids is 2. The zero-order valence-corrected chi connectivity index (χ0v) is 20.3. The lowest BCUT2D eigenvalue weighted by atomic mass is 10.1. The van der Waals surface area contributed by atoms with Crippen molar-refractivity contribution in [1.29, 1.82) is 0 Å². The summed E-state index contributed by atoms with van der Waals surface area (Å²) in [6.45, 7) is 1.66. The maximum atomic E-state index is 12.5. The minimum absolute atomic E-state index is 0.129. The molecule has 0 saturated carbocycles. The molecule has 7 heteroatoms. The number of fused-ring (bicyclic) bond motifs is 1. The maximum absolute atomic E-state index is 12.5. The van der Waals surface area contributed by atoms with Crippen LogP contribution in [-0.2, 0) is 11.3 Å². The Hall–Kier alpha value is -4.36. The van der Waals surface area contributed by atoms with Crippen molar-refractivity contribution in [3.05, 3.63) is 108 Å². The standard InChI is InChI=1S/C30H28N2O5/c33-29(31-32-30(34)24-12-14-26(15-13-24)37-20-28-6-3-17-35-28)23-9-7-21(8-10-23)19-36-27-16-11-22-4-1-2-5-25(22)18-27/h1-2,4-5,7-16,18,28H,3,6,17,19-20H2,(H,31,33)(H,32,34)/t28-/m1/s1. The summed E-state index contributed by atoms with van der Waals surface area (Å²) in [5.41, 5.74) is 6.65. The molecule has 0 aliphatic carbocycles. The SMILES string of the molecule is O=C(NNC(=O)c1ccc(OC[C@H]2CCCO2)cc1)c1ccc(COc2ccc3ccccc3c2)cc1. The molecule has 0 aromatic heterocycles. The van der Waals surface area contributed by atoms with E-state index in [1.54, 1.807) is 36.4 Å². The molecular weight excluding hydrogens is 468 g/mol. The van der Waals surface area contributed by atoms with E-state index in [0.29, 0.717) is 30.1 Å². The Morgan fingerprint density at radius 2 is 1.41 bits per heavy atom. The lowest BCUT2D eigenvalue weighted by molar-refractivity contribution is 0.0679. The highest BCUT2D eigenvalue weighted by Gasteiger charge is 2.16. The number of hydrogen-bond donors (Lipinski definition) is 2. The Balaban J connectivity index is 1.08. The van der Waals surface area contributed by atoms with Crippen molar-refractivity contribution in [2.75, 3.05) is 13.2 Å². The molecule has 0 spiro atoms.